The van der Waals surface area contributed by atoms with E-state index >= 15 is 0 Å². The Morgan fingerprint density at radius 1 is 1.56 bits per heavy atom. The van der Waals surface area contributed by atoms with Crippen LogP contribution in [0.5, 0.6) is 0 Å². The minimum atomic E-state index is -0.458. The van der Waals surface area contributed by atoms with Crippen LogP contribution in [0, 0.1) is 6.92 Å². The second-order valence-electron chi connectivity index (χ2n) is 3.33. The van der Waals surface area contributed by atoms with Crippen molar-refractivity contribution in [3.8, 4) is 11.4 Å². The molecule has 16 heavy (non-hydrogen) atoms. The summed E-state index contributed by atoms with van der Waals surface area (Å²) in [6.07, 6.45) is 1.60. The third-order valence-corrected chi connectivity index (χ3v) is 2.41. The van der Waals surface area contributed by atoms with Crippen molar-refractivity contribution in [3.63, 3.8) is 0 Å². The summed E-state index contributed by atoms with van der Waals surface area (Å²) in [5.74, 6) is -0.458. The maximum absolute atomic E-state index is 11.1. The summed E-state index contributed by atoms with van der Waals surface area (Å²) >= 11 is 4.05. The van der Waals surface area contributed by atoms with Crippen molar-refractivity contribution in [3.05, 3.63) is 29.6 Å². The van der Waals surface area contributed by atoms with Gasteiger partial charge >= 0.3 is 0 Å². The van der Waals surface area contributed by atoms with Gasteiger partial charge in [0.1, 0.15) is 0 Å². The summed E-state index contributed by atoms with van der Waals surface area (Å²) in [7, 11) is 0. The molecular weight excluding hydrogens is 224 g/mol. The van der Waals surface area contributed by atoms with E-state index in [9.17, 15) is 4.79 Å². The smallest absolute Gasteiger partial charge is 0.250 e. The quantitative estimate of drug-likeness (QED) is 0.538. The lowest BCUT2D eigenvalue weighted by Crippen LogP contribution is -2.10. The Bertz CT molecular complexity index is 550. The van der Waals surface area contributed by atoms with Gasteiger partial charge in [-0.05, 0) is 19.1 Å². The fourth-order valence-corrected chi connectivity index (χ4v) is 1.62. The number of thiol groups is 1. The molecule has 3 N–H and O–H groups in total. The molecule has 0 aromatic carbocycles. The number of aryl methyl sites for hydroxylation is 1. The lowest BCUT2D eigenvalue weighted by Gasteiger charge is -1.96. The number of nitrogens with one attached hydrogen (secondary N) is 1. The van der Waals surface area contributed by atoms with E-state index in [-0.39, 0.29) is 0 Å². The van der Waals surface area contributed by atoms with E-state index < -0.39 is 5.91 Å². The molecule has 0 radical (unpaired) electrons. The second kappa shape index (κ2) is 3.97. The van der Waals surface area contributed by atoms with Crippen LogP contribution in [-0.4, -0.2) is 20.9 Å². The average molecular weight is 234 g/mol. The monoisotopic (exact) mass is 234 g/mol. The third-order valence-electron chi connectivity index (χ3n) is 2.20. The molecule has 0 saturated carbocycles. The van der Waals surface area contributed by atoms with E-state index in [1.807, 2.05) is 0 Å². The molecule has 0 bridgehead atoms. The lowest BCUT2D eigenvalue weighted by molar-refractivity contribution is 0.1000. The number of aromatic amines is 1. The molecule has 0 aliphatic heterocycles. The van der Waals surface area contributed by atoms with Crippen LogP contribution in [0.3, 0.4) is 0 Å². The Labute approximate surface area is 97.5 Å². The molecule has 82 valence electrons. The van der Waals surface area contributed by atoms with Crippen molar-refractivity contribution in [1.82, 2.24) is 15.0 Å². The van der Waals surface area contributed by atoms with E-state index in [1.165, 1.54) is 0 Å². The van der Waals surface area contributed by atoms with Gasteiger partial charge in [-0.2, -0.15) is 0 Å². The highest BCUT2D eigenvalue weighted by Gasteiger charge is 2.11. The molecule has 0 unspecified atom stereocenters. The largest absolute Gasteiger partial charge is 0.366 e. The van der Waals surface area contributed by atoms with Crippen molar-refractivity contribution in [1.29, 1.82) is 0 Å². The number of rotatable bonds is 2. The topological polar surface area (TPSA) is 84.7 Å². The van der Waals surface area contributed by atoms with Crippen molar-refractivity contribution in [2.75, 3.05) is 0 Å². The van der Waals surface area contributed by atoms with E-state index in [0.717, 1.165) is 11.4 Å². The molecule has 6 heteroatoms. The maximum atomic E-state index is 11.1. The summed E-state index contributed by atoms with van der Waals surface area (Å²) in [6, 6.07) is 3.41. The zero-order valence-corrected chi connectivity index (χ0v) is 9.45. The van der Waals surface area contributed by atoms with Crippen LogP contribution in [0.1, 0.15) is 16.1 Å². The Morgan fingerprint density at radius 3 is 2.88 bits per heavy atom. The Morgan fingerprint density at radius 2 is 2.31 bits per heavy atom. The number of hydrogen-bond acceptors (Lipinski definition) is 4. The standard InChI is InChI=1S/C10H10N4OS/c1-5-6(9(11)15)4-8(13-5)7-2-3-12-10(16)14-7/h2-4,13H,1H3,(H2,11,15)(H,12,14,16). The SMILES string of the molecule is Cc1[nH]c(-c2ccnc(S)n2)cc1C(N)=O. The van der Waals surface area contributed by atoms with Gasteiger partial charge in [-0.25, -0.2) is 9.97 Å². The highest BCUT2D eigenvalue weighted by atomic mass is 32.1. The molecule has 0 spiro atoms. The number of H-pyrrole nitrogens is 1. The van der Waals surface area contributed by atoms with Crippen molar-refractivity contribution in [2.24, 2.45) is 5.73 Å². The third kappa shape index (κ3) is 1.92. The number of nitrogens with two attached hydrogens (primary N) is 1. The highest BCUT2D eigenvalue weighted by molar-refractivity contribution is 7.80. The van der Waals surface area contributed by atoms with E-state index in [4.69, 9.17) is 5.73 Å². The first-order valence-electron chi connectivity index (χ1n) is 4.59. The molecule has 1 amide bonds. The van der Waals surface area contributed by atoms with Gasteiger partial charge in [0.05, 0.1) is 17.0 Å². The summed E-state index contributed by atoms with van der Waals surface area (Å²) in [6.45, 7) is 1.78. The molecule has 2 aromatic heterocycles. The van der Waals surface area contributed by atoms with Crippen LogP contribution in [0.2, 0.25) is 0 Å². The second-order valence-corrected chi connectivity index (χ2v) is 3.73. The molecule has 0 aliphatic carbocycles. The number of nitrogens with zero attached hydrogens (tertiary/aromatic N) is 2. The molecule has 0 saturated heterocycles. The van der Waals surface area contributed by atoms with Gasteiger partial charge in [0.25, 0.3) is 5.91 Å². The van der Waals surface area contributed by atoms with Crippen LogP contribution < -0.4 is 5.73 Å². The first kappa shape index (κ1) is 10.7. The molecule has 2 heterocycles. The number of hydrogen-bond donors (Lipinski definition) is 3. The number of aromatic nitrogens is 3. The van der Waals surface area contributed by atoms with E-state index in [0.29, 0.717) is 16.4 Å². The molecule has 0 aliphatic rings. The number of amides is 1. The fourth-order valence-electron chi connectivity index (χ4n) is 1.45. The van der Waals surface area contributed by atoms with Gasteiger partial charge in [0.15, 0.2) is 5.16 Å². The highest BCUT2D eigenvalue weighted by Crippen LogP contribution is 2.19. The molecule has 0 atom stereocenters. The first-order chi connectivity index (χ1) is 7.58. The molecule has 2 rings (SSSR count). The molecular formula is C10H10N4OS. The number of carbonyl (C=O) groups excluding carboxylic acids is 1. The predicted molar refractivity (Wildman–Crippen MR) is 62.3 cm³/mol. The minimum Gasteiger partial charge on any atom is -0.366 e. The Hall–Kier alpha value is -1.82. The van der Waals surface area contributed by atoms with Gasteiger partial charge in [0, 0.05) is 11.9 Å². The fraction of sp³-hybridized carbons (Fsp3) is 0.100. The molecule has 5 nitrogen and oxygen atoms in total. The van der Waals surface area contributed by atoms with E-state index in [2.05, 4.69) is 27.6 Å². The van der Waals surface area contributed by atoms with Crippen LogP contribution >= 0.6 is 12.6 Å². The van der Waals surface area contributed by atoms with Crippen molar-refractivity contribution >= 4 is 18.5 Å². The van der Waals surface area contributed by atoms with Gasteiger partial charge in [0.2, 0.25) is 0 Å². The Balaban J connectivity index is 2.49. The van der Waals surface area contributed by atoms with Gasteiger partial charge in [-0.3, -0.25) is 4.79 Å². The molecule has 0 fully saturated rings. The number of primary amides is 1. The van der Waals surface area contributed by atoms with Gasteiger partial charge in [-0.1, -0.05) is 0 Å². The van der Waals surface area contributed by atoms with E-state index in [1.54, 1.807) is 25.3 Å². The predicted octanol–water partition coefficient (Wildman–Crippen LogP) is 1.17. The first-order valence-corrected chi connectivity index (χ1v) is 5.04. The molecule has 2 aromatic rings. The maximum Gasteiger partial charge on any atom is 0.250 e. The van der Waals surface area contributed by atoms with Gasteiger partial charge in [-0.15, -0.1) is 12.6 Å². The zero-order chi connectivity index (χ0) is 11.7. The Kier molecular flexibility index (Phi) is 2.66. The van der Waals surface area contributed by atoms with Crippen LogP contribution in [-0.2, 0) is 0 Å². The van der Waals surface area contributed by atoms with Gasteiger partial charge < -0.3 is 10.7 Å². The lowest BCUT2D eigenvalue weighted by atomic mass is 10.2. The normalized spacial score (nSPS) is 10.4. The van der Waals surface area contributed by atoms with Crippen molar-refractivity contribution < 1.29 is 4.79 Å². The summed E-state index contributed by atoms with van der Waals surface area (Å²) in [5, 5.41) is 0.380. The zero-order valence-electron chi connectivity index (χ0n) is 8.56. The number of carbonyl (C=O) groups is 1. The summed E-state index contributed by atoms with van der Waals surface area (Å²) < 4.78 is 0. The minimum absolute atomic E-state index is 0.380. The average Bonchev–Trinajstić information content (AvgIpc) is 2.60. The van der Waals surface area contributed by atoms with Crippen LogP contribution in [0.4, 0.5) is 0 Å². The summed E-state index contributed by atoms with van der Waals surface area (Å²) in [5.41, 5.74) is 7.82. The van der Waals surface area contributed by atoms with Crippen LogP contribution in [0.15, 0.2) is 23.5 Å². The van der Waals surface area contributed by atoms with Crippen molar-refractivity contribution in [2.45, 2.75) is 12.1 Å². The summed E-state index contributed by atoms with van der Waals surface area (Å²) in [4.78, 5) is 22.1. The van der Waals surface area contributed by atoms with Crippen LogP contribution in [0.25, 0.3) is 11.4 Å².